The van der Waals surface area contributed by atoms with Crippen molar-refractivity contribution in [3.8, 4) is 0 Å². The van der Waals surface area contributed by atoms with Crippen molar-refractivity contribution in [1.82, 2.24) is 71.9 Å². The molecule has 0 bridgehead atoms. The van der Waals surface area contributed by atoms with Crippen molar-refractivity contribution in [2.45, 2.75) is 103 Å². The van der Waals surface area contributed by atoms with Crippen LogP contribution >= 0.6 is 0 Å². The normalized spacial score (nSPS) is 15.4. The summed E-state index contributed by atoms with van der Waals surface area (Å²) in [6.45, 7) is 1.55. The standard InChI is InChI=1S/C50H76N14O16/c65-35(51-17-21-55-39(69)13-29-61-43(73)1-2-44(61)74)9-25-59(26-10-36(66)52-18-22-56-40(70)14-30-62-45(75)3-4-46(62)76)33-34-60(27-11-37(67)53-19-23-57-41(71)15-31-63-47(77)5-6-48(63)78)28-12-38(68)54-20-24-58-42(72)16-32-64-49(79)7-8-50(64)80/h1-34H2,(H,51,65)(H,52,66)(H,53,67)(H,54,68)(H,55,69)(H,56,70)(H,57,71)(H,58,72). The summed E-state index contributed by atoms with van der Waals surface area (Å²) in [5, 5.41) is 21.4. The number of rotatable bonds is 39. The Bertz CT molecular complexity index is 1940. The molecule has 4 heterocycles. The molecule has 0 aromatic carbocycles. The summed E-state index contributed by atoms with van der Waals surface area (Å²) in [5.41, 5.74) is 0. The molecule has 0 spiro atoms. The molecule has 16 amide bonds. The van der Waals surface area contributed by atoms with E-state index >= 15 is 0 Å². The van der Waals surface area contributed by atoms with Gasteiger partial charge in [-0.3, -0.25) is 96.3 Å². The molecule has 8 N–H and O–H groups in total. The lowest BCUT2D eigenvalue weighted by molar-refractivity contribution is -0.140. The molecule has 442 valence electrons. The third kappa shape index (κ3) is 24.5. The van der Waals surface area contributed by atoms with Crippen molar-refractivity contribution in [3.05, 3.63) is 0 Å². The fourth-order valence-corrected chi connectivity index (χ4v) is 8.66. The molecule has 0 radical (unpaired) electrons. The maximum absolute atomic E-state index is 13.0. The number of amides is 16. The van der Waals surface area contributed by atoms with Crippen LogP contribution in [-0.4, -0.2) is 242 Å². The number of carbonyl (C=O) groups is 16. The van der Waals surface area contributed by atoms with Crippen LogP contribution in [0.25, 0.3) is 0 Å². The van der Waals surface area contributed by atoms with Crippen molar-refractivity contribution in [1.29, 1.82) is 0 Å². The fourth-order valence-electron chi connectivity index (χ4n) is 8.66. The van der Waals surface area contributed by atoms with Gasteiger partial charge in [-0.1, -0.05) is 0 Å². The largest absolute Gasteiger partial charge is 0.354 e. The number of likely N-dealkylation sites (tertiary alicyclic amines) is 4. The predicted octanol–water partition coefficient (Wildman–Crippen LogP) is -5.76. The van der Waals surface area contributed by atoms with E-state index in [1.54, 1.807) is 0 Å². The first-order valence-electron chi connectivity index (χ1n) is 27.2. The van der Waals surface area contributed by atoms with Gasteiger partial charge in [-0.05, 0) is 0 Å². The molecule has 0 aromatic rings. The van der Waals surface area contributed by atoms with E-state index in [1.807, 2.05) is 9.80 Å². The maximum Gasteiger partial charge on any atom is 0.229 e. The zero-order chi connectivity index (χ0) is 58.4. The maximum atomic E-state index is 13.0. The van der Waals surface area contributed by atoms with Gasteiger partial charge in [-0.15, -0.1) is 0 Å². The molecule has 0 atom stereocenters. The topological polar surface area (TPSA) is 389 Å². The van der Waals surface area contributed by atoms with E-state index in [4.69, 9.17) is 0 Å². The van der Waals surface area contributed by atoms with Crippen LogP contribution in [0.3, 0.4) is 0 Å². The van der Waals surface area contributed by atoms with Crippen molar-refractivity contribution in [2.24, 2.45) is 0 Å². The molecule has 30 nitrogen and oxygen atoms in total. The quantitative estimate of drug-likeness (QED) is 0.0210. The molecule has 4 rings (SSSR count). The number of hydrogen-bond donors (Lipinski definition) is 8. The highest BCUT2D eigenvalue weighted by molar-refractivity contribution is 6.04. The van der Waals surface area contributed by atoms with Gasteiger partial charge in [0.25, 0.3) is 0 Å². The highest BCUT2D eigenvalue weighted by Gasteiger charge is 2.32. The second-order valence-electron chi connectivity index (χ2n) is 19.2. The molecule has 4 saturated heterocycles. The van der Waals surface area contributed by atoms with E-state index in [0.29, 0.717) is 0 Å². The van der Waals surface area contributed by atoms with Gasteiger partial charge in [-0.2, -0.15) is 0 Å². The number of nitrogens with one attached hydrogen (secondary N) is 8. The molecular weight excluding hydrogens is 1050 g/mol. The van der Waals surface area contributed by atoms with Gasteiger partial charge >= 0.3 is 0 Å². The summed E-state index contributed by atoms with van der Waals surface area (Å²) >= 11 is 0. The smallest absolute Gasteiger partial charge is 0.229 e. The molecule has 4 aliphatic rings. The highest BCUT2D eigenvalue weighted by atomic mass is 16.2. The summed E-state index contributed by atoms with van der Waals surface area (Å²) < 4.78 is 0. The van der Waals surface area contributed by atoms with E-state index in [9.17, 15) is 76.7 Å². The lowest BCUT2D eigenvalue weighted by atomic mass is 10.2. The number of hydrogen-bond acceptors (Lipinski definition) is 18. The Labute approximate surface area is 462 Å². The third-order valence-electron chi connectivity index (χ3n) is 13.3. The molecule has 0 unspecified atom stereocenters. The average molecular weight is 1130 g/mol. The van der Waals surface area contributed by atoms with Crippen LogP contribution in [0.4, 0.5) is 0 Å². The van der Waals surface area contributed by atoms with Gasteiger partial charge in [0.05, 0.1) is 0 Å². The molecule has 30 heteroatoms. The molecule has 80 heavy (non-hydrogen) atoms. The first kappa shape index (κ1) is 64.8. The minimum atomic E-state index is -0.410. The highest BCUT2D eigenvalue weighted by Crippen LogP contribution is 2.14. The van der Waals surface area contributed by atoms with Crippen LogP contribution in [0.15, 0.2) is 0 Å². The molecule has 4 aliphatic heterocycles. The van der Waals surface area contributed by atoms with E-state index in [-0.39, 0.29) is 291 Å². The number of carbonyl (C=O) groups excluding carboxylic acids is 16. The van der Waals surface area contributed by atoms with Crippen molar-refractivity contribution >= 4 is 94.5 Å². The van der Waals surface area contributed by atoms with Crippen LogP contribution in [0, 0.1) is 0 Å². The van der Waals surface area contributed by atoms with Gasteiger partial charge in [0.1, 0.15) is 0 Å². The van der Waals surface area contributed by atoms with E-state index < -0.39 is 23.6 Å². The Morgan fingerprint density at radius 3 is 0.562 bits per heavy atom. The van der Waals surface area contributed by atoms with E-state index in [0.717, 1.165) is 19.6 Å². The summed E-state index contributed by atoms with van der Waals surface area (Å²) in [5.74, 6) is -5.79. The Hall–Kier alpha value is -7.76. The number of nitrogens with zero attached hydrogens (tertiary/aromatic N) is 6. The first-order valence-corrected chi connectivity index (χ1v) is 27.2. The second-order valence-corrected chi connectivity index (χ2v) is 19.2. The number of imide groups is 4. The first-order chi connectivity index (χ1) is 38.3. The third-order valence-corrected chi connectivity index (χ3v) is 13.3. The van der Waals surface area contributed by atoms with Gasteiger partial charge in [0.2, 0.25) is 94.5 Å². The van der Waals surface area contributed by atoms with Crippen LogP contribution < -0.4 is 42.5 Å². The molecule has 0 saturated carbocycles. The predicted molar refractivity (Wildman–Crippen MR) is 278 cm³/mol. The van der Waals surface area contributed by atoms with Gasteiger partial charge in [-0.25, -0.2) is 0 Å². The van der Waals surface area contributed by atoms with Crippen molar-refractivity contribution < 1.29 is 76.7 Å². The minimum absolute atomic E-state index is 0.0314. The minimum Gasteiger partial charge on any atom is -0.354 e. The molecule has 4 fully saturated rings. The Morgan fingerprint density at radius 2 is 0.400 bits per heavy atom. The summed E-state index contributed by atoms with van der Waals surface area (Å²) in [4.78, 5) is 204. The van der Waals surface area contributed by atoms with Crippen LogP contribution in [0.5, 0.6) is 0 Å². The monoisotopic (exact) mass is 1130 g/mol. The summed E-state index contributed by atoms with van der Waals surface area (Å²) in [7, 11) is 0. The Kier molecular flexibility index (Phi) is 28.3. The van der Waals surface area contributed by atoms with Gasteiger partial charge in [0.15, 0.2) is 0 Å². The molecule has 0 aromatic heterocycles. The second kappa shape index (κ2) is 35.0. The van der Waals surface area contributed by atoms with Crippen LogP contribution in [0.1, 0.15) is 103 Å². The average Bonchev–Trinajstić information content (AvgIpc) is 4.15. The molecule has 0 aliphatic carbocycles. The van der Waals surface area contributed by atoms with Crippen LogP contribution in [0.2, 0.25) is 0 Å². The zero-order valence-electron chi connectivity index (χ0n) is 45.3. The van der Waals surface area contributed by atoms with Gasteiger partial charge < -0.3 is 52.3 Å². The SMILES string of the molecule is O=C(CCN(CCC(=O)NCCNC(=O)CCN1C(=O)CCC1=O)CCN(CCC(=O)NCCNC(=O)CCN1C(=O)CCC1=O)CCC(=O)NCCNC(=O)CCN1C(=O)CCC1=O)NCCNC(=O)CCN1C(=O)CCC1=O. The van der Waals surface area contributed by atoms with Crippen LogP contribution in [-0.2, 0) is 76.7 Å². The van der Waals surface area contributed by atoms with Crippen molar-refractivity contribution in [3.63, 3.8) is 0 Å². The zero-order valence-corrected chi connectivity index (χ0v) is 45.3. The van der Waals surface area contributed by atoms with E-state index in [2.05, 4.69) is 42.5 Å². The van der Waals surface area contributed by atoms with E-state index in [1.165, 1.54) is 0 Å². The summed E-state index contributed by atoms with van der Waals surface area (Å²) in [6.07, 6.45) is 0.397. The van der Waals surface area contributed by atoms with Gasteiger partial charge in [0, 0.05) is 221 Å². The fraction of sp³-hybridized carbons (Fsp3) is 0.680. The lowest BCUT2D eigenvalue weighted by Gasteiger charge is -2.27. The summed E-state index contributed by atoms with van der Waals surface area (Å²) in [6, 6.07) is 0. The Balaban J connectivity index is 1.28. The van der Waals surface area contributed by atoms with Crippen molar-refractivity contribution in [2.75, 3.05) is 118 Å². The Morgan fingerprint density at radius 1 is 0.250 bits per heavy atom. The molecular formula is C50H76N14O16. The lowest BCUT2D eigenvalue weighted by Crippen LogP contribution is -2.43.